The summed E-state index contributed by atoms with van der Waals surface area (Å²) in [5, 5.41) is 27.9. The van der Waals surface area contributed by atoms with Gasteiger partial charge >= 0.3 is 12.3 Å². The highest BCUT2D eigenvalue weighted by Crippen LogP contribution is 1.56. The van der Waals surface area contributed by atoms with Crippen molar-refractivity contribution in [3.05, 3.63) is 0 Å². The molecule has 0 spiro atoms. The second-order valence-corrected chi connectivity index (χ2v) is 1.98. The Bertz CT molecular complexity index is 93.1. The zero-order chi connectivity index (χ0) is 16.6. The van der Waals surface area contributed by atoms with Gasteiger partial charge in [0.25, 0.3) is 0 Å². The van der Waals surface area contributed by atoms with Gasteiger partial charge in [-0.1, -0.05) is 68.2 Å². The largest absolute Gasteiger partial charge is 0.503 e. The van der Waals surface area contributed by atoms with E-state index in [1.165, 1.54) is 12.8 Å². The molecular weight excluding hydrogens is 240 g/mol. The number of carboxylic acid groups (broad SMARTS) is 4. The van der Waals surface area contributed by atoms with Crippen molar-refractivity contribution in [1.29, 1.82) is 0 Å². The Morgan fingerprint density at radius 2 is 0.611 bits per heavy atom. The highest BCUT2D eigenvalue weighted by Gasteiger charge is 1.70. The Labute approximate surface area is 111 Å². The minimum Gasteiger partial charge on any atom is -0.450 e. The van der Waals surface area contributed by atoms with Gasteiger partial charge in [-0.15, -0.1) is 0 Å². The summed E-state index contributed by atoms with van der Waals surface area (Å²) in [7, 11) is 0. The molecule has 0 fully saturated rings. The third kappa shape index (κ3) is 1250. The summed E-state index contributed by atoms with van der Waals surface area (Å²) in [6.45, 7) is 16.5. The molecule has 0 amide bonds. The standard InChI is InChI=1S/2C3H8.2C2H6.2CH2O3/c2*1-3-2;2*1-2;2*2-1(3)4/h2*3H2,1-2H3;2*1-2H3;2*(H2,2,3,4). The highest BCUT2D eigenvalue weighted by molar-refractivity contribution is 5.53. The van der Waals surface area contributed by atoms with Crippen molar-refractivity contribution in [1.82, 2.24) is 0 Å². The Hall–Kier alpha value is -1.46. The maximum absolute atomic E-state index is 8.56. The summed E-state index contributed by atoms with van der Waals surface area (Å²) in [6, 6.07) is 0. The Morgan fingerprint density at radius 3 is 0.611 bits per heavy atom. The van der Waals surface area contributed by atoms with Crippen LogP contribution in [0.3, 0.4) is 0 Å². The van der Waals surface area contributed by atoms with E-state index in [0.717, 1.165) is 0 Å². The van der Waals surface area contributed by atoms with Crippen LogP contribution in [0.15, 0.2) is 0 Å². The molecule has 0 unspecified atom stereocenters. The molecular formula is C12H32O6. The first-order valence-electron chi connectivity index (χ1n) is 6.13. The van der Waals surface area contributed by atoms with Gasteiger partial charge in [-0.3, -0.25) is 0 Å². The van der Waals surface area contributed by atoms with Crippen LogP contribution in [-0.2, 0) is 0 Å². The predicted molar refractivity (Wildman–Crippen MR) is 75.9 cm³/mol. The summed E-state index contributed by atoms with van der Waals surface area (Å²) >= 11 is 0. The summed E-state index contributed by atoms with van der Waals surface area (Å²) in [4.78, 5) is 17.1. The van der Waals surface area contributed by atoms with Crippen molar-refractivity contribution in [3.63, 3.8) is 0 Å². The lowest BCUT2D eigenvalue weighted by atomic mass is 10.6. The van der Waals surface area contributed by atoms with Crippen molar-refractivity contribution in [2.75, 3.05) is 0 Å². The second-order valence-electron chi connectivity index (χ2n) is 1.98. The predicted octanol–water partition coefficient (Wildman–Crippen LogP) is 5.33. The van der Waals surface area contributed by atoms with Gasteiger partial charge in [-0.2, -0.15) is 0 Å². The summed E-state index contributed by atoms with van der Waals surface area (Å²) < 4.78 is 0. The Morgan fingerprint density at radius 1 is 0.611 bits per heavy atom. The molecule has 0 saturated heterocycles. The molecule has 0 aliphatic carbocycles. The molecule has 0 bridgehead atoms. The number of carbonyl (C=O) groups is 2. The minimum absolute atomic E-state index is 1.25. The van der Waals surface area contributed by atoms with E-state index in [0.29, 0.717) is 0 Å². The van der Waals surface area contributed by atoms with Crippen molar-refractivity contribution < 1.29 is 30.0 Å². The van der Waals surface area contributed by atoms with Gasteiger partial charge in [0, 0.05) is 0 Å². The van der Waals surface area contributed by atoms with Gasteiger partial charge in [-0.25, -0.2) is 9.59 Å². The molecule has 0 aromatic rings. The fourth-order valence-electron chi connectivity index (χ4n) is 0. The minimum atomic E-state index is -1.83. The average molecular weight is 272 g/mol. The fraction of sp³-hybridized carbons (Fsp3) is 0.833. The van der Waals surface area contributed by atoms with E-state index < -0.39 is 12.3 Å². The quantitative estimate of drug-likeness (QED) is 0.473. The van der Waals surface area contributed by atoms with E-state index in [9.17, 15) is 0 Å². The molecule has 0 aliphatic rings. The fourth-order valence-corrected chi connectivity index (χ4v) is 0. The molecule has 0 aliphatic heterocycles. The van der Waals surface area contributed by atoms with Gasteiger partial charge in [0.1, 0.15) is 0 Å². The molecule has 116 valence electrons. The Kier molecular flexibility index (Phi) is 153. The van der Waals surface area contributed by atoms with E-state index >= 15 is 0 Å². The summed E-state index contributed by atoms with van der Waals surface area (Å²) in [5.41, 5.74) is 0. The molecule has 18 heavy (non-hydrogen) atoms. The van der Waals surface area contributed by atoms with Crippen LogP contribution in [0, 0.1) is 0 Å². The van der Waals surface area contributed by atoms with Crippen LogP contribution in [0.5, 0.6) is 0 Å². The zero-order valence-electron chi connectivity index (χ0n) is 13.0. The molecule has 6 nitrogen and oxygen atoms in total. The monoisotopic (exact) mass is 272 g/mol. The average Bonchev–Trinajstić information content (AvgIpc) is 2.23. The molecule has 0 heterocycles. The van der Waals surface area contributed by atoms with E-state index in [2.05, 4.69) is 27.7 Å². The SMILES string of the molecule is CC.CC.CCC.CCC.O=C(O)O.O=C(O)O. The molecule has 0 saturated carbocycles. The third-order valence-electron chi connectivity index (χ3n) is 0. The molecule has 0 radical (unpaired) electrons. The van der Waals surface area contributed by atoms with E-state index in [-0.39, 0.29) is 0 Å². The molecule has 0 aromatic carbocycles. The van der Waals surface area contributed by atoms with Crippen LogP contribution in [0.2, 0.25) is 0 Å². The van der Waals surface area contributed by atoms with Crippen molar-refractivity contribution in [2.24, 2.45) is 0 Å². The normalized spacial score (nSPS) is 5.33. The lowest BCUT2D eigenvalue weighted by Gasteiger charge is -1.60. The summed E-state index contributed by atoms with van der Waals surface area (Å²) in [5.74, 6) is 0. The van der Waals surface area contributed by atoms with Gasteiger partial charge in [-0.05, 0) is 0 Å². The van der Waals surface area contributed by atoms with Crippen LogP contribution in [-0.4, -0.2) is 32.7 Å². The number of hydrogen-bond donors (Lipinski definition) is 4. The topological polar surface area (TPSA) is 115 Å². The highest BCUT2D eigenvalue weighted by atomic mass is 16.6. The van der Waals surface area contributed by atoms with Crippen LogP contribution in [0.4, 0.5) is 9.59 Å². The van der Waals surface area contributed by atoms with Crippen molar-refractivity contribution >= 4 is 12.3 Å². The second kappa shape index (κ2) is 76.8. The van der Waals surface area contributed by atoms with E-state index in [4.69, 9.17) is 30.0 Å². The van der Waals surface area contributed by atoms with E-state index in [1.54, 1.807) is 0 Å². The first-order chi connectivity index (χ1) is 8.29. The molecule has 0 aromatic heterocycles. The van der Waals surface area contributed by atoms with Crippen LogP contribution in [0.1, 0.15) is 68.2 Å². The van der Waals surface area contributed by atoms with Gasteiger partial charge in [0.15, 0.2) is 0 Å². The first kappa shape index (κ1) is 36.0. The zero-order valence-corrected chi connectivity index (χ0v) is 13.0. The lowest BCUT2D eigenvalue weighted by Crippen LogP contribution is -1.81. The van der Waals surface area contributed by atoms with Crippen LogP contribution < -0.4 is 0 Å². The number of hydrogen-bond acceptors (Lipinski definition) is 2. The maximum Gasteiger partial charge on any atom is 0.503 e. The van der Waals surface area contributed by atoms with Crippen LogP contribution >= 0.6 is 0 Å². The Balaban J connectivity index is -0.0000000246. The van der Waals surface area contributed by atoms with Gasteiger partial charge < -0.3 is 20.4 Å². The molecule has 0 atom stereocenters. The van der Waals surface area contributed by atoms with Crippen LogP contribution in [0.25, 0.3) is 0 Å². The molecule has 0 rings (SSSR count). The third-order valence-corrected chi connectivity index (χ3v) is 0. The maximum atomic E-state index is 8.56. The smallest absolute Gasteiger partial charge is 0.450 e. The summed E-state index contributed by atoms with van der Waals surface area (Å²) in [6.07, 6.45) is -1.17. The van der Waals surface area contributed by atoms with E-state index in [1.807, 2.05) is 27.7 Å². The molecule has 4 N–H and O–H groups in total. The van der Waals surface area contributed by atoms with Crippen molar-refractivity contribution in [2.45, 2.75) is 68.2 Å². The number of rotatable bonds is 0. The molecule has 6 heteroatoms. The van der Waals surface area contributed by atoms with Gasteiger partial charge in [0.2, 0.25) is 0 Å². The lowest BCUT2D eigenvalue weighted by molar-refractivity contribution is 0.135. The first-order valence-corrected chi connectivity index (χ1v) is 6.13. The van der Waals surface area contributed by atoms with Gasteiger partial charge in [0.05, 0.1) is 0 Å². The van der Waals surface area contributed by atoms with Crippen molar-refractivity contribution in [3.8, 4) is 0 Å².